The Morgan fingerprint density at radius 1 is 1.25 bits per heavy atom. The summed E-state index contributed by atoms with van der Waals surface area (Å²) in [6, 6.07) is 10.5. The van der Waals surface area contributed by atoms with Gasteiger partial charge in [-0.1, -0.05) is 15.9 Å². The number of esters is 1. The van der Waals surface area contributed by atoms with E-state index >= 15 is 0 Å². The van der Waals surface area contributed by atoms with Crippen LogP contribution in [0.25, 0.3) is 0 Å². The lowest BCUT2D eigenvalue weighted by atomic mass is 10.2. The molecule has 0 unspecified atom stereocenters. The lowest BCUT2D eigenvalue weighted by molar-refractivity contribution is 0.0445. The van der Waals surface area contributed by atoms with Gasteiger partial charge in [-0.15, -0.1) is 0 Å². The van der Waals surface area contributed by atoms with E-state index in [1.165, 1.54) is 0 Å². The Hall–Kier alpha value is -1.55. The molecule has 0 N–H and O–H groups in total. The standard InChI is InChI=1S/C12H9BrO3/c13-10-5-3-9(4-6-10)12(14)16-8-11-2-1-7-15-11/h1-7H,8H2. The molecule has 16 heavy (non-hydrogen) atoms. The minimum Gasteiger partial charge on any atom is -0.466 e. The van der Waals surface area contributed by atoms with Crippen LogP contribution >= 0.6 is 15.9 Å². The highest BCUT2D eigenvalue weighted by Crippen LogP contribution is 2.12. The molecule has 0 radical (unpaired) electrons. The average Bonchev–Trinajstić information content (AvgIpc) is 2.80. The van der Waals surface area contributed by atoms with Crippen LogP contribution in [0.4, 0.5) is 0 Å². The predicted molar refractivity (Wildman–Crippen MR) is 62.0 cm³/mol. The summed E-state index contributed by atoms with van der Waals surface area (Å²) >= 11 is 3.30. The maximum Gasteiger partial charge on any atom is 0.338 e. The normalized spacial score (nSPS) is 10.1. The summed E-state index contributed by atoms with van der Waals surface area (Å²) in [4.78, 5) is 11.6. The molecule has 0 spiro atoms. The number of ether oxygens (including phenoxy) is 1. The smallest absolute Gasteiger partial charge is 0.338 e. The highest BCUT2D eigenvalue weighted by molar-refractivity contribution is 9.10. The van der Waals surface area contributed by atoms with Crippen LogP contribution in [0.15, 0.2) is 51.6 Å². The summed E-state index contributed by atoms with van der Waals surface area (Å²) in [7, 11) is 0. The van der Waals surface area contributed by atoms with Crippen molar-refractivity contribution in [3.05, 3.63) is 58.5 Å². The van der Waals surface area contributed by atoms with Crippen molar-refractivity contribution < 1.29 is 13.9 Å². The number of rotatable bonds is 3. The molecule has 1 heterocycles. The van der Waals surface area contributed by atoms with Crippen molar-refractivity contribution in [2.75, 3.05) is 0 Å². The second kappa shape index (κ2) is 4.99. The van der Waals surface area contributed by atoms with E-state index in [4.69, 9.17) is 9.15 Å². The van der Waals surface area contributed by atoms with Crippen molar-refractivity contribution in [1.29, 1.82) is 0 Å². The molecular formula is C12H9BrO3. The Balaban J connectivity index is 1.95. The molecule has 1 aromatic carbocycles. The quantitative estimate of drug-likeness (QED) is 0.809. The molecule has 0 aliphatic rings. The second-order valence-corrected chi connectivity index (χ2v) is 4.08. The van der Waals surface area contributed by atoms with E-state index in [0.717, 1.165) is 4.47 Å². The summed E-state index contributed by atoms with van der Waals surface area (Å²) in [6.45, 7) is 0.155. The van der Waals surface area contributed by atoms with Gasteiger partial charge in [0.1, 0.15) is 12.4 Å². The van der Waals surface area contributed by atoms with Crippen LogP contribution < -0.4 is 0 Å². The molecule has 0 saturated carbocycles. The van der Waals surface area contributed by atoms with Crippen LogP contribution in [0.2, 0.25) is 0 Å². The SMILES string of the molecule is O=C(OCc1ccco1)c1ccc(Br)cc1. The van der Waals surface area contributed by atoms with Crippen molar-refractivity contribution in [3.8, 4) is 0 Å². The van der Waals surface area contributed by atoms with Gasteiger partial charge < -0.3 is 9.15 Å². The van der Waals surface area contributed by atoms with E-state index in [1.807, 2.05) is 0 Å². The highest BCUT2D eigenvalue weighted by atomic mass is 79.9. The first-order valence-corrected chi connectivity index (χ1v) is 5.50. The molecule has 2 aromatic rings. The second-order valence-electron chi connectivity index (χ2n) is 3.16. The zero-order valence-corrected chi connectivity index (χ0v) is 9.94. The Labute approximate surface area is 101 Å². The topological polar surface area (TPSA) is 39.4 Å². The predicted octanol–water partition coefficient (Wildman–Crippen LogP) is 3.40. The molecule has 2 rings (SSSR count). The van der Waals surface area contributed by atoms with Crippen molar-refractivity contribution in [2.24, 2.45) is 0 Å². The maximum atomic E-state index is 11.6. The van der Waals surface area contributed by atoms with Crippen LogP contribution in [0.1, 0.15) is 16.1 Å². The van der Waals surface area contributed by atoms with E-state index in [0.29, 0.717) is 11.3 Å². The Kier molecular flexibility index (Phi) is 3.41. The molecule has 3 nitrogen and oxygen atoms in total. The third kappa shape index (κ3) is 2.73. The average molecular weight is 281 g/mol. The Morgan fingerprint density at radius 3 is 2.62 bits per heavy atom. The van der Waals surface area contributed by atoms with E-state index < -0.39 is 0 Å². The summed E-state index contributed by atoms with van der Waals surface area (Å²) in [6.07, 6.45) is 1.54. The largest absolute Gasteiger partial charge is 0.466 e. The number of hydrogen-bond acceptors (Lipinski definition) is 3. The van der Waals surface area contributed by atoms with Crippen molar-refractivity contribution in [3.63, 3.8) is 0 Å². The van der Waals surface area contributed by atoms with Gasteiger partial charge in [-0.3, -0.25) is 0 Å². The van der Waals surface area contributed by atoms with Crippen LogP contribution in [0.3, 0.4) is 0 Å². The van der Waals surface area contributed by atoms with Crippen LogP contribution in [-0.2, 0) is 11.3 Å². The molecule has 4 heteroatoms. The molecule has 0 fully saturated rings. The third-order valence-electron chi connectivity index (χ3n) is 2.01. The summed E-state index contributed by atoms with van der Waals surface area (Å²) in [5, 5.41) is 0. The zero-order chi connectivity index (χ0) is 11.4. The summed E-state index contributed by atoms with van der Waals surface area (Å²) in [5.41, 5.74) is 0.523. The van der Waals surface area contributed by atoms with Crippen LogP contribution in [-0.4, -0.2) is 5.97 Å². The molecule has 0 amide bonds. The minimum absolute atomic E-state index is 0.155. The van der Waals surface area contributed by atoms with Gasteiger partial charge in [-0.25, -0.2) is 4.79 Å². The molecule has 0 bridgehead atoms. The first kappa shape index (κ1) is 11.0. The third-order valence-corrected chi connectivity index (χ3v) is 2.53. The molecule has 0 aliphatic heterocycles. The molecule has 1 aromatic heterocycles. The first-order chi connectivity index (χ1) is 7.75. The van der Waals surface area contributed by atoms with Crippen molar-refractivity contribution >= 4 is 21.9 Å². The summed E-state index contributed by atoms with van der Waals surface area (Å²) < 4.78 is 11.0. The fourth-order valence-electron chi connectivity index (χ4n) is 1.20. The number of benzene rings is 1. The number of furan rings is 1. The fraction of sp³-hybridized carbons (Fsp3) is 0.0833. The van der Waals surface area contributed by atoms with E-state index in [-0.39, 0.29) is 12.6 Å². The summed E-state index contributed by atoms with van der Waals surface area (Å²) in [5.74, 6) is 0.273. The Bertz CT molecular complexity index is 460. The molecular weight excluding hydrogens is 272 g/mol. The Morgan fingerprint density at radius 2 is 2.00 bits per heavy atom. The van der Waals surface area contributed by atoms with Crippen molar-refractivity contribution in [1.82, 2.24) is 0 Å². The van der Waals surface area contributed by atoms with Gasteiger partial charge in [-0.2, -0.15) is 0 Å². The minimum atomic E-state index is -0.357. The maximum absolute atomic E-state index is 11.6. The van der Waals surface area contributed by atoms with E-state index in [2.05, 4.69) is 15.9 Å². The lowest BCUT2D eigenvalue weighted by Gasteiger charge is -2.02. The van der Waals surface area contributed by atoms with Gasteiger partial charge in [0, 0.05) is 4.47 Å². The lowest BCUT2D eigenvalue weighted by Crippen LogP contribution is -2.04. The van der Waals surface area contributed by atoms with Crippen molar-refractivity contribution in [2.45, 2.75) is 6.61 Å². The van der Waals surface area contributed by atoms with Gasteiger partial charge in [0.15, 0.2) is 0 Å². The molecule has 0 atom stereocenters. The number of halogens is 1. The van der Waals surface area contributed by atoms with Gasteiger partial charge in [0.2, 0.25) is 0 Å². The monoisotopic (exact) mass is 280 g/mol. The number of carbonyl (C=O) groups excluding carboxylic acids is 1. The van der Waals surface area contributed by atoms with Crippen LogP contribution in [0, 0.1) is 0 Å². The van der Waals surface area contributed by atoms with E-state index in [1.54, 1.807) is 42.7 Å². The molecule has 0 aliphatic carbocycles. The van der Waals surface area contributed by atoms with Gasteiger partial charge in [-0.05, 0) is 36.4 Å². The molecule has 0 saturated heterocycles. The molecule has 82 valence electrons. The first-order valence-electron chi connectivity index (χ1n) is 4.71. The fourth-order valence-corrected chi connectivity index (χ4v) is 1.47. The number of hydrogen-bond donors (Lipinski definition) is 0. The zero-order valence-electron chi connectivity index (χ0n) is 8.35. The van der Waals surface area contributed by atoms with Crippen LogP contribution in [0.5, 0.6) is 0 Å². The van der Waals surface area contributed by atoms with Gasteiger partial charge >= 0.3 is 5.97 Å². The highest BCUT2D eigenvalue weighted by Gasteiger charge is 2.07. The van der Waals surface area contributed by atoms with Gasteiger partial charge in [0.25, 0.3) is 0 Å². The van der Waals surface area contributed by atoms with E-state index in [9.17, 15) is 4.79 Å². The number of carbonyl (C=O) groups is 1. The van der Waals surface area contributed by atoms with Gasteiger partial charge in [0.05, 0.1) is 11.8 Å².